The molecule has 0 saturated carbocycles. The molecule has 5 nitrogen and oxygen atoms in total. The Morgan fingerprint density at radius 1 is 1.17 bits per heavy atom. The fourth-order valence-corrected chi connectivity index (χ4v) is 1.61. The van der Waals surface area contributed by atoms with Crippen molar-refractivity contribution in [3.8, 4) is 0 Å². The van der Waals surface area contributed by atoms with E-state index >= 15 is 0 Å². The molecule has 0 aliphatic rings. The van der Waals surface area contributed by atoms with Gasteiger partial charge < -0.3 is 15.4 Å². The van der Waals surface area contributed by atoms with Crippen molar-refractivity contribution in [1.82, 2.24) is 10.6 Å². The standard InChI is InChI=1S/C13H26N2O3/c1-4-6-7-11(5-2)10-15-13(17)12(16)14-8-9-18-3/h11H,4-10H2,1-3H3,(H,14,16)(H,15,17)/t11-/m0/s1. The zero-order valence-electron chi connectivity index (χ0n) is 11.8. The van der Waals surface area contributed by atoms with Crippen LogP contribution in [0.15, 0.2) is 0 Å². The van der Waals surface area contributed by atoms with Gasteiger partial charge in [-0.3, -0.25) is 9.59 Å². The van der Waals surface area contributed by atoms with Crippen LogP contribution in [-0.2, 0) is 14.3 Å². The summed E-state index contributed by atoms with van der Waals surface area (Å²) in [4.78, 5) is 22.8. The molecule has 0 aliphatic heterocycles. The summed E-state index contributed by atoms with van der Waals surface area (Å²) >= 11 is 0. The molecule has 0 aromatic carbocycles. The van der Waals surface area contributed by atoms with Gasteiger partial charge in [-0.2, -0.15) is 0 Å². The van der Waals surface area contributed by atoms with Crippen LogP contribution in [0.4, 0.5) is 0 Å². The molecule has 0 saturated heterocycles. The molecule has 5 heteroatoms. The van der Waals surface area contributed by atoms with Crippen molar-refractivity contribution in [2.75, 3.05) is 26.8 Å². The van der Waals surface area contributed by atoms with E-state index in [1.165, 1.54) is 0 Å². The molecule has 106 valence electrons. The van der Waals surface area contributed by atoms with Gasteiger partial charge in [0.15, 0.2) is 0 Å². The number of amides is 2. The van der Waals surface area contributed by atoms with Crippen molar-refractivity contribution < 1.29 is 14.3 Å². The molecule has 2 amide bonds. The predicted octanol–water partition coefficient (Wildman–Crippen LogP) is 1.08. The molecule has 2 N–H and O–H groups in total. The fraction of sp³-hybridized carbons (Fsp3) is 0.846. The monoisotopic (exact) mass is 258 g/mol. The van der Waals surface area contributed by atoms with E-state index in [-0.39, 0.29) is 0 Å². The molecule has 0 aliphatic carbocycles. The lowest BCUT2D eigenvalue weighted by Gasteiger charge is -2.15. The molecule has 18 heavy (non-hydrogen) atoms. The Bertz CT molecular complexity index is 244. The lowest BCUT2D eigenvalue weighted by molar-refractivity contribution is -0.139. The third-order valence-electron chi connectivity index (χ3n) is 2.89. The molecule has 0 radical (unpaired) electrons. The van der Waals surface area contributed by atoms with Crippen molar-refractivity contribution in [1.29, 1.82) is 0 Å². The number of ether oxygens (including phenoxy) is 1. The Balaban J connectivity index is 3.81. The van der Waals surface area contributed by atoms with Gasteiger partial charge in [-0.15, -0.1) is 0 Å². The minimum atomic E-state index is -0.586. The number of rotatable bonds is 9. The summed E-state index contributed by atoms with van der Waals surface area (Å²) < 4.78 is 4.79. The van der Waals surface area contributed by atoms with Gasteiger partial charge in [0, 0.05) is 20.2 Å². The topological polar surface area (TPSA) is 67.4 Å². The second-order valence-corrected chi connectivity index (χ2v) is 4.38. The molecule has 0 bridgehead atoms. The van der Waals surface area contributed by atoms with Gasteiger partial charge in [-0.25, -0.2) is 0 Å². The summed E-state index contributed by atoms with van der Waals surface area (Å²) in [6.07, 6.45) is 4.43. The molecule has 0 unspecified atom stereocenters. The SMILES string of the molecule is CCCC[C@H](CC)CNC(=O)C(=O)NCCOC. The highest BCUT2D eigenvalue weighted by atomic mass is 16.5. The Morgan fingerprint density at radius 2 is 1.83 bits per heavy atom. The van der Waals surface area contributed by atoms with Crippen LogP contribution in [0.3, 0.4) is 0 Å². The zero-order valence-corrected chi connectivity index (χ0v) is 11.8. The summed E-state index contributed by atoms with van der Waals surface area (Å²) in [6, 6.07) is 0. The van der Waals surface area contributed by atoms with Gasteiger partial charge in [0.05, 0.1) is 6.61 Å². The van der Waals surface area contributed by atoms with E-state index in [1.807, 2.05) is 0 Å². The molecule has 0 aromatic heterocycles. The van der Waals surface area contributed by atoms with Crippen LogP contribution in [0.1, 0.15) is 39.5 Å². The third kappa shape index (κ3) is 8.06. The summed E-state index contributed by atoms with van der Waals surface area (Å²) in [5.41, 5.74) is 0. The van der Waals surface area contributed by atoms with Gasteiger partial charge in [0.1, 0.15) is 0 Å². The first-order valence-corrected chi connectivity index (χ1v) is 6.70. The first-order chi connectivity index (χ1) is 8.65. The first-order valence-electron chi connectivity index (χ1n) is 6.70. The summed E-state index contributed by atoms with van der Waals surface area (Å²) in [5, 5.41) is 5.17. The Kier molecular flexibility index (Phi) is 10.3. The smallest absolute Gasteiger partial charge is 0.309 e. The van der Waals surface area contributed by atoms with E-state index in [1.54, 1.807) is 7.11 Å². The first kappa shape index (κ1) is 16.9. The van der Waals surface area contributed by atoms with Crippen LogP contribution in [0.5, 0.6) is 0 Å². The van der Waals surface area contributed by atoms with E-state index in [0.717, 1.165) is 25.7 Å². The molecule has 0 fully saturated rings. The maximum absolute atomic E-state index is 11.5. The van der Waals surface area contributed by atoms with E-state index in [0.29, 0.717) is 25.6 Å². The van der Waals surface area contributed by atoms with Gasteiger partial charge in [0.2, 0.25) is 0 Å². The van der Waals surface area contributed by atoms with Gasteiger partial charge in [-0.05, 0) is 12.3 Å². The quantitative estimate of drug-likeness (QED) is 0.480. The number of hydrogen-bond acceptors (Lipinski definition) is 3. The van der Waals surface area contributed by atoms with Gasteiger partial charge in [0.25, 0.3) is 0 Å². The average molecular weight is 258 g/mol. The number of carbonyl (C=O) groups excluding carboxylic acids is 2. The van der Waals surface area contributed by atoms with Gasteiger partial charge >= 0.3 is 11.8 Å². The molecular weight excluding hydrogens is 232 g/mol. The summed E-state index contributed by atoms with van der Waals surface area (Å²) in [7, 11) is 1.55. The molecule has 0 spiro atoms. The molecule has 1 atom stereocenters. The lowest BCUT2D eigenvalue weighted by Crippen LogP contribution is -2.42. The van der Waals surface area contributed by atoms with Crippen LogP contribution >= 0.6 is 0 Å². The predicted molar refractivity (Wildman–Crippen MR) is 71.2 cm³/mol. The largest absolute Gasteiger partial charge is 0.383 e. The highest BCUT2D eigenvalue weighted by Crippen LogP contribution is 2.10. The Hall–Kier alpha value is -1.10. The van der Waals surface area contributed by atoms with Crippen LogP contribution in [0.2, 0.25) is 0 Å². The Labute approximate surface area is 110 Å². The fourth-order valence-electron chi connectivity index (χ4n) is 1.61. The maximum Gasteiger partial charge on any atom is 0.309 e. The second kappa shape index (κ2) is 11.0. The molecule has 0 heterocycles. The van der Waals surface area contributed by atoms with E-state index < -0.39 is 11.8 Å². The number of nitrogens with one attached hydrogen (secondary N) is 2. The van der Waals surface area contributed by atoms with Crippen LogP contribution in [0.25, 0.3) is 0 Å². The lowest BCUT2D eigenvalue weighted by atomic mass is 9.99. The minimum absolute atomic E-state index is 0.357. The van der Waals surface area contributed by atoms with Crippen molar-refractivity contribution >= 4 is 11.8 Å². The number of unbranched alkanes of at least 4 members (excludes halogenated alkanes) is 1. The molecule has 0 aromatic rings. The van der Waals surface area contributed by atoms with Crippen molar-refractivity contribution in [2.45, 2.75) is 39.5 Å². The number of carbonyl (C=O) groups is 2. The maximum atomic E-state index is 11.5. The third-order valence-corrected chi connectivity index (χ3v) is 2.89. The van der Waals surface area contributed by atoms with Crippen LogP contribution in [0, 0.1) is 5.92 Å². The minimum Gasteiger partial charge on any atom is -0.383 e. The number of hydrogen-bond donors (Lipinski definition) is 2. The van der Waals surface area contributed by atoms with Crippen molar-refractivity contribution in [3.05, 3.63) is 0 Å². The zero-order chi connectivity index (χ0) is 13.8. The van der Waals surface area contributed by atoms with Crippen molar-refractivity contribution in [3.63, 3.8) is 0 Å². The summed E-state index contributed by atoms with van der Waals surface area (Å²) in [5.74, 6) is -0.681. The highest BCUT2D eigenvalue weighted by molar-refractivity contribution is 6.35. The van der Waals surface area contributed by atoms with E-state index in [4.69, 9.17) is 4.74 Å². The second-order valence-electron chi connectivity index (χ2n) is 4.38. The molecular formula is C13H26N2O3. The van der Waals surface area contributed by atoms with Crippen LogP contribution in [-0.4, -0.2) is 38.6 Å². The van der Waals surface area contributed by atoms with Crippen LogP contribution < -0.4 is 10.6 Å². The highest BCUT2D eigenvalue weighted by Gasteiger charge is 2.14. The molecule has 0 rings (SSSR count). The summed E-state index contributed by atoms with van der Waals surface area (Å²) in [6.45, 7) is 5.59. The normalized spacial score (nSPS) is 11.9. The Morgan fingerprint density at radius 3 is 2.39 bits per heavy atom. The van der Waals surface area contributed by atoms with E-state index in [9.17, 15) is 9.59 Å². The number of methoxy groups -OCH3 is 1. The van der Waals surface area contributed by atoms with Gasteiger partial charge in [-0.1, -0.05) is 33.1 Å². The van der Waals surface area contributed by atoms with Crippen molar-refractivity contribution in [2.24, 2.45) is 5.92 Å². The van der Waals surface area contributed by atoms with E-state index in [2.05, 4.69) is 24.5 Å². The average Bonchev–Trinajstić information content (AvgIpc) is 2.38.